The molecule has 3 aromatic rings. The number of amides is 1. The molecule has 0 saturated carbocycles. The highest BCUT2D eigenvalue weighted by atomic mass is 35.5. The third-order valence-corrected chi connectivity index (χ3v) is 6.49. The van der Waals surface area contributed by atoms with E-state index in [9.17, 15) is 14.7 Å². The molecule has 0 fully saturated rings. The van der Waals surface area contributed by atoms with Crippen LogP contribution in [0.2, 0.25) is 5.02 Å². The summed E-state index contributed by atoms with van der Waals surface area (Å²) in [5.41, 5.74) is 0.978. The number of methoxy groups -OCH3 is 1. The van der Waals surface area contributed by atoms with E-state index in [1.165, 1.54) is 23.3 Å². The lowest BCUT2D eigenvalue weighted by molar-refractivity contribution is -0.117. The SMILES string of the molecule is COc1ccc(N2C(=O)C(O)=C(C(=O)c3cccs3)C2c2ccc3c(c2)OCO3)cc1Cl. The zero-order chi connectivity index (χ0) is 22.4. The molecule has 3 heterocycles. The molecule has 9 heteroatoms. The summed E-state index contributed by atoms with van der Waals surface area (Å²) in [5, 5.41) is 12.9. The Balaban J connectivity index is 1.67. The summed E-state index contributed by atoms with van der Waals surface area (Å²) in [7, 11) is 1.49. The number of ketones is 1. The lowest BCUT2D eigenvalue weighted by Gasteiger charge is -2.27. The number of benzene rings is 2. The number of aliphatic hydroxyl groups excluding tert-OH is 1. The van der Waals surface area contributed by atoms with Crippen molar-refractivity contribution in [2.75, 3.05) is 18.8 Å². The van der Waals surface area contributed by atoms with Crippen LogP contribution in [0.15, 0.2) is 65.2 Å². The second-order valence-electron chi connectivity index (χ2n) is 7.08. The molecule has 0 aliphatic carbocycles. The van der Waals surface area contributed by atoms with E-state index in [2.05, 4.69) is 0 Å². The number of ether oxygens (including phenoxy) is 3. The Labute approximate surface area is 192 Å². The van der Waals surface area contributed by atoms with E-state index in [-0.39, 0.29) is 12.4 Å². The first kappa shape index (κ1) is 20.4. The molecule has 1 unspecified atom stereocenters. The van der Waals surface area contributed by atoms with Crippen molar-refractivity contribution < 1.29 is 28.9 Å². The first-order valence-electron chi connectivity index (χ1n) is 9.57. The molecule has 162 valence electrons. The largest absolute Gasteiger partial charge is 0.503 e. The summed E-state index contributed by atoms with van der Waals surface area (Å²) >= 11 is 7.54. The predicted octanol–water partition coefficient (Wildman–Crippen LogP) is 4.92. The van der Waals surface area contributed by atoms with E-state index in [0.717, 1.165) is 0 Å². The van der Waals surface area contributed by atoms with Crippen molar-refractivity contribution in [3.63, 3.8) is 0 Å². The summed E-state index contributed by atoms with van der Waals surface area (Å²) in [4.78, 5) is 28.3. The third-order valence-electron chi connectivity index (χ3n) is 5.32. The second-order valence-corrected chi connectivity index (χ2v) is 8.43. The number of anilines is 1. The van der Waals surface area contributed by atoms with Crippen LogP contribution < -0.4 is 19.1 Å². The summed E-state index contributed by atoms with van der Waals surface area (Å²) in [6.45, 7) is 0.0856. The van der Waals surface area contributed by atoms with Gasteiger partial charge in [0.25, 0.3) is 5.91 Å². The minimum absolute atomic E-state index is 0.0109. The van der Waals surface area contributed by atoms with Crippen LogP contribution in [0.3, 0.4) is 0 Å². The van der Waals surface area contributed by atoms with E-state index in [4.69, 9.17) is 25.8 Å². The Kier molecular flexibility index (Phi) is 5.03. The lowest BCUT2D eigenvalue weighted by Crippen LogP contribution is -2.31. The topological polar surface area (TPSA) is 85.3 Å². The molecule has 0 spiro atoms. The highest BCUT2D eigenvalue weighted by molar-refractivity contribution is 7.12. The predicted molar refractivity (Wildman–Crippen MR) is 119 cm³/mol. The molecule has 0 radical (unpaired) electrons. The molecule has 2 aliphatic rings. The molecule has 32 heavy (non-hydrogen) atoms. The Morgan fingerprint density at radius 1 is 1.19 bits per heavy atom. The summed E-state index contributed by atoms with van der Waals surface area (Å²) in [6.07, 6.45) is 0. The third kappa shape index (κ3) is 3.19. The first-order valence-corrected chi connectivity index (χ1v) is 10.8. The first-order chi connectivity index (χ1) is 15.5. The summed E-state index contributed by atoms with van der Waals surface area (Å²) < 4.78 is 16.1. The average molecular weight is 470 g/mol. The number of thiophene rings is 1. The Morgan fingerprint density at radius 2 is 2.00 bits per heavy atom. The maximum Gasteiger partial charge on any atom is 0.294 e. The van der Waals surface area contributed by atoms with Crippen LogP contribution in [0.1, 0.15) is 21.3 Å². The summed E-state index contributed by atoms with van der Waals surface area (Å²) in [6, 6.07) is 12.5. The molecule has 1 N–H and O–H groups in total. The molecule has 0 bridgehead atoms. The van der Waals surface area contributed by atoms with Gasteiger partial charge in [0.15, 0.2) is 17.3 Å². The van der Waals surface area contributed by atoms with Crippen LogP contribution in [-0.2, 0) is 4.79 Å². The van der Waals surface area contributed by atoms with Crippen molar-refractivity contribution in [3.8, 4) is 17.2 Å². The number of nitrogens with zero attached hydrogens (tertiary/aromatic N) is 1. The highest BCUT2D eigenvalue weighted by Crippen LogP contribution is 2.45. The molecule has 5 rings (SSSR count). The summed E-state index contributed by atoms with van der Waals surface area (Å²) in [5.74, 6) is -0.218. The molecular formula is C23H16ClNO6S. The van der Waals surface area contributed by atoms with Crippen molar-refractivity contribution in [1.82, 2.24) is 0 Å². The fourth-order valence-corrected chi connectivity index (χ4v) is 4.78. The van der Waals surface area contributed by atoms with Gasteiger partial charge in [-0.2, -0.15) is 0 Å². The van der Waals surface area contributed by atoms with Crippen LogP contribution in [0.5, 0.6) is 17.2 Å². The van der Waals surface area contributed by atoms with Gasteiger partial charge in [0, 0.05) is 5.69 Å². The van der Waals surface area contributed by atoms with Gasteiger partial charge < -0.3 is 19.3 Å². The van der Waals surface area contributed by atoms with Gasteiger partial charge in [-0.3, -0.25) is 14.5 Å². The van der Waals surface area contributed by atoms with Gasteiger partial charge in [0.1, 0.15) is 5.75 Å². The molecule has 2 aliphatic heterocycles. The van der Waals surface area contributed by atoms with Crippen LogP contribution in [-0.4, -0.2) is 30.7 Å². The van der Waals surface area contributed by atoms with E-state index < -0.39 is 23.5 Å². The van der Waals surface area contributed by atoms with Gasteiger partial charge in [-0.05, 0) is 47.3 Å². The number of hydrogen-bond acceptors (Lipinski definition) is 7. The van der Waals surface area contributed by atoms with Crippen molar-refractivity contribution in [2.24, 2.45) is 0 Å². The van der Waals surface area contributed by atoms with Gasteiger partial charge >= 0.3 is 0 Å². The van der Waals surface area contributed by atoms with Crippen LogP contribution in [0, 0.1) is 0 Å². The molecule has 0 saturated heterocycles. The van der Waals surface area contributed by atoms with Gasteiger partial charge in [-0.15, -0.1) is 11.3 Å². The molecular weight excluding hydrogens is 454 g/mol. The van der Waals surface area contributed by atoms with Gasteiger partial charge in [0.05, 0.1) is 28.6 Å². The number of Topliss-reactive ketones (excluding diaryl/α,β-unsaturated/α-hetero) is 1. The zero-order valence-electron chi connectivity index (χ0n) is 16.7. The van der Waals surface area contributed by atoms with Crippen molar-refractivity contribution in [1.29, 1.82) is 0 Å². The smallest absolute Gasteiger partial charge is 0.294 e. The molecule has 1 aromatic heterocycles. The fourth-order valence-electron chi connectivity index (χ4n) is 3.85. The standard InChI is InChI=1S/C23H16ClNO6S/c1-29-15-7-5-13(10-14(15)24)25-20(12-4-6-16-17(9-12)31-11-30-16)19(22(27)23(25)28)21(26)18-3-2-8-32-18/h2-10,20,27H,11H2,1H3. The Morgan fingerprint density at radius 3 is 2.72 bits per heavy atom. The lowest BCUT2D eigenvalue weighted by atomic mass is 9.95. The van der Waals surface area contributed by atoms with Crippen LogP contribution in [0.25, 0.3) is 0 Å². The average Bonchev–Trinajstić information content (AvgIpc) is 3.53. The number of rotatable bonds is 5. The Bertz CT molecular complexity index is 1270. The number of fused-ring (bicyclic) bond motifs is 1. The maximum absolute atomic E-state index is 13.3. The molecule has 1 amide bonds. The normalized spacial score (nSPS) is 17.2. The van der Waals surface area contributed by atoms with Gasteiger partial charge in [0.2, 0.25) is 12.6 Å². The van der Waals surface area contributed by atoms with E-state index in [1.54, 1.807) is 53.9 Å². The Hall–Kier alpha value is -3.49. The number of carbonyl (C=O) groups is 2. The fraction of sp³-hybridized carbons (Fsp3) is 0.130. The molecule has 2 aromatic carbocycles. The molecule has 7 nitrogen and oxygen atoms in total. The van der Waals surface area contributed by atoms with Gasteiger partial charge in [-0.25, -0.2) is 0 Å². The van der Waals surface area contributed by atoms with Crippen LogP contribution in [0.4, 0.5) is 5.69 Å². The minimum Gasteiger partial charge on any atom is -0.503 e. The highest BCUT2D eigenvalue weighted by Gasteiger charge is 2.45. The zero-order valence-corrected chi connectivity index (χ0v) is 18.3. The van der Waals surface area contributed by atoms with Crippen molar-refractivity contribution in [3.05, 3.63) is 80.7 Å². The quantitative estimate of drug-likeness (QED) is 0.534. The van der Waals surface area contributed by atoms with Gasteiger partial charge in [-0.1, -0.05) is 23.7 Å². The van der Waals surface area contributed by atoms with E-state index in [0.29, 0.717) is 38.4 Å². The number of carbonyl (C=O) groups excluding carboxylic acids is 2. The van der Waals surface area contributed by atoms with E-state index in [1.807, 2.05) is 0 Å². The number of aliphatic hydroxyl groups is 1. The van der Waals surface area contributed by atoms with Crippen LogP contribution >= 0.6 is 22.9 Å². The van der Waals surface area contributed by atoms with Crippen molar-refractivity contribution in [2.45, 2.75) is 6.04 Å². The van der Waals surface area contributed by atoms with E-state index >= 15 is 0 Å². The number of hydrogen-bond donors (Lipinski definition) is 1. The second kappa shape index (κ2) is 7.89. The van der Waals surface area contributed by atoms with Crippen molar-refractivity contribution >= 4 is 40.3 Å². The monoisotopic (exact) mass is 469 g/mol. The minimum atomic E-state index is -0.893. The number of halogens is 1. The molecule has 1 atom stereocenters. The maximum atomic E-state index is 13.3.